The Bertz CT molecular complexity index is 676. The van der Waals surface area contributed by atoms with E-state index in [9.17, 15) is 0 Å². The lowest BCUT2D eigenvalue weighted by Gasteiger charge is -2.19. The van der Waals surface area contributed by atoms with Crippen molar-refractivity contribution in [3.63, 3.8) is 0 Å². The SMILES string of the molecule is Cc1nn(C)c(N(C)C)c1CN[C@@H](C)c1cccc(OC(C)C)c1. The third-order valence-corrected chi connectivity index (χ3v) is 4.05. The summed E-state index contributed by atoms with van der Waals surface area (Å²) in [5.41, 5.74) is 3.53. The summed E-state index contributed by atoms with van der Waals surface area (Å²) in [6, 6.07) is 8.53. The Hall–Kier alpha value is -2.01. The molecule has 0 fully saturated rings. The molecule has 0 unspecified atom stereocenters. The molecule has 0 radical (unpaired) electrons. The van der Waals surface area contributed by atoms with Crippen molar-refractivity contribution < 1.29 is 4.74 Å². The number of aryl methyl sites for hydroxylation is 2. The molecule has 0 saturated heterocycles. The number of rotatable bonds is 7. The summed E-state index contributed by atoms with van der Waals surface area (Å²) in [6.45, 7) is 9.11. The lowest BCUT2D eigenvalue weighted by molar-refractivity contribution is 0.242. The summed E-state index contributed by atoms with van der Waals surface area (Å²) in [4.78, 5) is 2.11. The van der Waals surface area contributed by atoms with Crippen molar-refractivity contribution in [1.29, 1.82) is 0 Å². The van der Waals surface area contributed by atoms with Crippen LogP contribution in [0, 0.1) is 6.92 Å². The maximum absolute atomic E-state index is 5.79. The predicted octanol–water partition coefficient (Wildman–Crippen LogP) is 3.43. The van der Waals surface area contributed by atoms with Gasteiger partial charge in [0.25, 0.3) is 0 Å². The van der Waals surface area contributed by atoms with Crippen LogP contribution >= 0.6 is 0 Å². The van der Waals surface area contributed by atoms with Gasteiger partial charge in [-0.3, -0.25) is 4.68 Å². The quantitative estimate of drug-likeness (QED) is 0.844. The van der Waals surface area contributed by atoms with Crippen LogP contribution in [0.1, 0.15) is 43.6 Å². The van der Waals surface area contributed by atoms with Crippen molar-refractivity contribution in [3.8, 4) is 5.75 Å². The van der Waals surface area contributed by atoms with Crippen molar-refractivity contribution in [2.24, 2.45) is 7.05 Å². The van der Waals surface area contributed by atoms with E-state index in [1.807, 2.05) is 37.7 Å². The Morgan fingerprint density at radius 2 is 1.96 bits per heavy atom. The van der Waals surface area contributed by atoms with Gasteiger partial charge in [-0.25, -0.2) is 0 Å². The van der Waals surface area contributed by atoms with Crippen molar-refractivity contribution in [2.45, 2.75) is 46.4 Å². The molecule has 1 aromatic heterocycles. The summed E-state index contributed by atoms with van der Waals surface area (Å²) in [5, 5.41) is 8.15. The molecule has 0 aliphatic heterocycles. The van der Waals surface area contributed by atoms with E-state index in [0.29, 0.717) is 0 Å². The molecular formula is C19H30N4O. The molecule has 0 amide bonds. The lowest BCUT2D eigenvalue weighted by Crippen LogP contribution is -2.21. The molecule has 2 rings (SSSR count). The molecule has 5 nitrogen and oxygen atoms in total. The fourth-order valence-corrected chi connectivity index (χ4v) is 2.96. The van der Waals surface area contributed by atoms with Crippen molar-refractivity contribution in [2.75, 3.05) is 19.0 Å². The number of hydrogen-bond donors (Lipinski definition) is 1. The summed E-state index contributed by atoms with van der Waals surface area (Å²) < 4.78 is 7.73. The van der Waals surface area contributed by atoms with Crippen molar-refractivity contribution in [3.05, 3.63) is 41.1 Å². The van der Waals surface area contributed by atoms with Crippen LogP contribution in [0.3, 0.4) is 0 Å². The number of nitrogens with zero attached hydrogens (tertiary/aromatic N) is 3. The molecule has 1 atom stereocenters. The van der Waals surface area contributed by atoms with E-state index < -0.39 is 0 Å². The van der Waals surface area contributed by atoms with Crippen LogP contribution in [0.5, 0.6) is 5.75 Å². The summed E-state index contributed by atoms with van der Waals surface area (Å²) in [6.07, 6.45) is 0.184. The minimum atomic E-state index is 0.184. The molecule has 0 aliphatic carbocycles. The molecule has 1 N–H and O–H groups in total. The van der Waals surface area contributed by atoms with E-state index in [4.69, 9.17) is 4.74 Å². The number of aromatic nitrogens is 2. The molecule has 2 aromatic rings. The third kappa shape index (κ3) is 4.29. The van der Waals surface area contributed by atoms with Gasteiger partial charge in [0.1, 0.15) is 11.6 Å². The Morgan fingerprint density at radius 3 is 2.58 bits per heavy atom. The first kappa shape index (κ1) is 18.3. The van der Waals surface area contributed by atoms with E-state index in [1.54, 1.807) is 0 Å². The number of benzene rings is 1. The number of nitrogens with one attached hydrogen (secondary N) is 1. The van der Waals surface area contributed by atoms with E-state index in [2.05, 4.69) is 55.4 Å². The second kappa shape index (κ2) is 7.71. The van der Waals surface area contributed by atoms with Gasteiger partial charge in [0, 0.05) is 39.3 Å². The highest BCUT2D eigenvalue weighted by atomic mass is 16.5. The minimum Gasteiger partial charge on any atom is -0.491 e. The molecule has 1 heterocycles. The van der Waals surface area contributed by atoms with Gasteiger partial charge in [0.05, 0.1) is 11.8 Å². The number of anilines is 1. The highest BCUT2D eigenvalue weighted by Crippen LogP contribution is 2.24. The smallest absolute Gasteiger partial charge is 0.130 e. The normalized spacial score (nSPS) is 12.5. The van der Waals surface area contributed by atoms with Crippen LogP contribution in [0.25, 0.3) is 0 Å². The topological polar surface area (TPSA) is 42.3 Å². The monoisotopic (exact) mass is 330 g/mol. The molecule has 0 spiro atoms. The molecule has 0 bridgehead atoms. The zero-order valence-electron chi connectivity index (χ0n) is 15.9. The van der Waals surface area contributed by atoms with Gasteiger partial charge in [-0.2, -0.15) is 5.10 Å². The average Bonchev–Trinajstić information content (AvgIpc) is 2.78. The van der Waals surface area contributed by atoms with E-state index in [0.717, 1.165) is 23.8 Å². The van der Waals surface area contributed by atoms with Gasteiger partial charge in [-0.1, -0.05) is 12.1 Å². The zero-order valence-corrected chi connectivity index (χ0v) is 15.9. The second-order valence-electron chi connectivity index (χ2n) is 6.75. The lowest BCUT2D eigenvalue weighted by atomic mass is 10.1. The number of ether oxygens (including phenoxy) is 1. The Kier molecular flexibility index (Phi) is 5.89. The van der Waals surface area contributed by atoms with Gasteiger partial charge in [0.2, 0.25) is 0 Å². The van der Waals surface area contributed by atoms with Crippen LogP contribution in [-0.2, 0) is 13.6 Å². The van der Waals surface area contributed by atoms with E-state index >= 15 is 0 Å². The molecule has 132 valence electrons. The van der Waals surface area contributed by atoms with Crippen molar-refractivity contribution >= 4 is 5.82 Å². The van der Waals surface area contributed by atoms with Gasteiger partial charge >= 0.3 is 0 Å². The first-order valence-corrected chi connectivity index (χ1v) is 8.49. The Labute approximate surface area is 145 Å². The zero-order chi connectivity index (χ0) is 17.9. The van der Waals surface area contributed by atoms with Crippen LogP contribution in [-0.4, -0.2) is 30.0 Å². The van der Waals surface area contributed by atoms with Crippen LogP contribution in [0.4, 0.5) is 5.82 Å². The maximum atomic E-state index is 5.79. The first-order chi connectivity index (χ1) is 11.3. The predicted molar refractivity (Wildman–Crippen MR) is 99.7 cm³/mol. The highest BCUT2D eigenvalue weighted by molar-refractivity contribution is 5.49. The van der Waals surface area contributed by atoms with Crippen LogP contribution < -0.4 is 15.0 Å². The summed E-state index contributed by atoms with van der Waals surface area (Å²) >= 11 is 0. The molecule has 1 aromatic carbocycles. The third-order valence-electron chi connectivity index (χ3n) is 4.05. The molecule has 0 saturated carbocycles. The molecule has 0 aliphatic rings. The summed E-state index contributed by atoms with van der Waals surface area (Å²) in [5.74, 6) is 2.06. The minimum absolute atomic E-state index is 0.184. The largest absolute Gasteiger partial charge is 0.491 e. The van der Waals surface area contributed by atoms with Gasteiger partial charge in [-0.05, 0) is 45.4 Å². The highest BCUT2D eigenvalue weighted by Gasteiger charge is 2.16. The van der Waals surface area contributed by atoms with Gasteiger partial charge < -0.3 is 15.0 Å². The fraction of sp³-hybridized carbons (Fsp3) is 0.526. The standard InChI is InChI=1S/C19H30N4O/c1-13(2)24-17-10-8-9-16(11-17)14(3)20-12-18-15(4)21-23(7)19(18)22(5)6/h8-11,13-14,20H,12H2,1-7H3/t14-/m0/s1. The fourth-order valence-electron chi connectivity index (χ4n) is 2.96. The Balaban J connectivity index is 2.10. The van der Waals surface area contributed by atoms with Gasteiger partial charge in [-0.15, -0.1) is 0 Å². The first-order valence-electron chi connectivity index (χ1n) is 8.49. The van der Waals surface area contributed by atoms with Crippen molar-refractivity contribution in [1.82, 2.24) is 15.1 Å². The van der Waals surface area contributed by atoms with Crippen LogP contribution in [0.2, 0.25) is 0 Å². The summed E-state index contributed by atoms with van der Waals surface area (Å²) in [7, 11) is 6.09. The van der Waals surface area contributed by atoms with Crippen LogP contribution in [0.15, 0.2) is 24.3 Å². The molecule has 5 heteroatoms. The average molecular weight is 330 g/mol. The van der Waals surface area contributed by atoms with E-state index in [-0.39, 0.29) is 12.1 Å². The van der Waals surface area contributed by atoms with E-state index in [1.165, 1.54) is 11.1 Å². The second-order valence-corrected chi connectivity index (χ2v) is 6.75. The molecule has 24 heavy (non-hydrogen) atoms. The maximum Gasteiger partial charge on any atom is 0.130 e. The van der Waals surface area contributed by atoms with Gasteiger partial charge in [0.15, 0.2) is 0 Å². The Morgan fingerprint density at radius 1 is 1.25 bits per heavy atom. The number of hydrogen-bond acceptors (Lipinski definition) is 4. The molecular weight excluding hydrogens is 300 g/mol.